The third-order valence-corrected chi connectivity index (χ3v) is 1.53. The van der Waals surface area contributed by atoms with Crippen molar-refractivity contribution in [1.82, 2.24) is 9.97 Å². The number of nitrogens with zero attached hydrogens (tertiary/aromatic N) is 1. The lowest BCUT2D eigenvalue weighted by molar-refractivity contribution is 0.947. The topological polar surface area (TPSA) is 54.7 Å². The Morgan fingerprint density at radius 2 is 2.14 bits per heavy atom. The SMILES string of the molecule is C=Cc1nc(CN)[nH]c1/C=C\C.CC. The number of aromatic nitrogens is 2. The van der Waals surface area contributed by atoms with Crippen molar-refractivity contribution < 1.29 is 0 Å². The Morgan fingerprint density at radius 3 is 2.57 bits per heavy atom. The monoisotopic (exact) mass is 193 g/mol. The first-order chi connectivity index (χ1) is 6.81. The molecule has 0 aliphatic heterocycles. The zero-order chi connectivity index (χ0) is 11.0. The van der Waals surface area contributed by atoms with E-state index in [-0.39, 0.29) is 0 Å². The van der Waals surface area contributed by atoms with Gasteiger partial charge in [-0.15, -0.1) is 0 Å². The van der Waals surface area contributed by atoms with Gasteiger partial charge in [0.05, 0.1) is 17.9 Å². The Kier molecular flexibility index (Phi) is 6.41. The Bertz CT molecular complexity index is 297. The molecule has 1 heterocycles. The van der Waals surface area contributed by atoms with Crippen LogP contribution in [0.4, 0.5) is 0 Å². The first-order valence-electron chi connectivity index (χ1n) is 4.86. The molecular formula is C11H19N3. The van der Waals surface area contributed by atoms with Gasteiger partial charge in [0.15, 0.2) is 0 Å². The van der Waals surface area contributed by atoms with Gasteiger partial charge in [-0.25, -0.2) is 4.98 Å². The van der Waals surface area contributed by atoms with Crippen molar-refractivity contribution in [3.05, 3.63) is 29.9 Å². The second kappa shape index (κ2) is 7.09. The molecule has 0 saturated carbocycles. The predicted molar refractivity (Wildman–Crippen MR) is 62.6 cm³/mol. The number of imidazole rings is 1. The molecule has 1 aromatic rings. The van der Waals surface area contributed by atoms with Crippen molar-refractivity contribution in [3.8, 4) is 0 Å². The quantitative estimate of drug-likeness (QED) is 0.775. The van der Waals surface area contributed by atoms with Gasteiger partial charge >= 0.3 is 0 Å². The van der Waals surface area contributed by atoms with Gasteiger partial charge in [-0.05, 0) is 19.1 Å². The van der Waals surface area contributed by atoms with Crippen LogP contribution in [0.2, 0.25) is 0 Å². The molecule has 0 aliphatic carbocycles. The normalized spacial score (nSPS) is 9.71. The highest BCUT2D eigenvalue weighted by atomic mass is 14.9. The average Bonchev–Trinajstić information content (AvgIpc) is 2.64. The highest BCUT2D eigenvalue weighted by Crippen LogP contribution is 2.08. The van der Waals surface area contributed by atoms with Gasteiger partial charge < -0.3 is 10.7 Å². The third-order valence-electron chi connectivity index (χ3n) is 1.53. The van der Waals surface area contributed by atoms with Crippen LogP contribution in [-0.2, 0) is 6.54 Å². The van der Waals surface area contributed by atoms with Gasteiger partial charge in [0, 0.05) is 0 Å². The van der Waals surface area contributed by atoms with E-state index >= 15 is 0 Å². The van der Waals surface area contributed by atoms with E-state index in [1.54, 1.807) is 6.08 Å². The summed E-state index contributed by atoms with van der Waals surface area (Å²) in [5.74, 6) is 0.790. The largest absolute Gasteiger partial charge is 0.341 e. The minimum atomic E-state index is 0.429. The fourth-order valence-electron chi connectivity index (χ4n) is 0.999. The summed E-state index contributed by atoms with van der Waals surface area (Å²) in [5, 5.41) is 0. The van der Waals surface area contributed by atoms with Crippen LogP contribution in [-0.4, -0.2) is 9.97 Å². The smallest absolute Gasteiger partial charge is 0.121 e. The van der Waals surface area contributed by atoms with Crippen LogP contribution in [0.1, 0.15) is 38.0 Å². The molecule has 78 valence electrons. The third kappa shape index (κ3) is 3.18. The minimum absolute atomic E-state index is 0.429. The summed E-state index contributed by atoms with van der Waals surface area (Å²) in [6.45, 7) is 10.0. The molecule has 3 N–H and O–H groups in total. The Morgan fingerprint density at radius 1 is 1.50 bits per heavy atom. The molecule has 0 atom stereocenters. The molecule has 3 heteroatoms. The summed E-state index contributed by atoms with van der Waals surface area (Å²) in [6.07, 6.45) is 5.61. The van der Waals surface area contributed by atoms with E-state index in [1.807, 2.05) is 32.9 Å². The summed E-state index contributed by atoms with van der Waals surface area (Å²) in [5.41, 5.74) is 7.25. The van der Waals surface area contributed by atoms with E-state index < -0.39 is 0 Å². The minimum Gasteiger partial charge on any atom is -0.341 e. The molecule has 14 heavy (non-hydrogen) atoms. The molecule has 0 fully saturated rings. The number of nitrogens with two attached hydrogens (primary N) is 1. The molecule has 0 aliphatic rings. The first kappa shape index (κ1) is 12.7. The second-order valence-electron chi connectivity index (χ2n) is 2.39. The van der Waals surface area contributed by atoms with Crippen LogP contribution in [0, 0.1) is 0 Å². The lowest BCUT2D eigenvalue weighted by Crippen LogP contribution is -1.97. The molecule has 0 aromatic carbocycles. The molecule has 0 bridgehead atoms. The van der Waals surface area contributed by atoms with Gasteiger partial charge in [-0.1, -0.05) is 26.5 Å². The van der Waals surface area contributed by atoms with Crippen LogP contribution in [0.3, 0.4) is 0 Å². The first-order valence-corrected chi connectivity index (χ1v) is 4.86. The Labute approximate surface area is 85.7 Å². The van der Waals surface area contributed by atoms with Crippen LogP contribution < -0.4 is 5.73 Å². The van der Waals surface area contributed by atoms with Crippen molar-refractivity contribution in [2.24, 2.45) is 5.73 Å². The summed E-state index contributed by atoms with van der Waals surface area (Å²) in [7, 11) is 0. The Balaban J connectivity index is 0.000000791. The highest BCUT2D eigenvalue weighted by molar-refractivity contribution is 5.58. The Hall–Kier alpha value is -1.35. The number of nitrogens with one attached hydrogen (secondary N) is 1. The predicted octanol–water partition coefficient (Wildman–Crippen LogP) is 2.57. The van der Waals surface area contributed by atoms with Crippen LogP contribution in [0.5, 0.6) is 0 Å². The van der Waals surface area contributed by atoms with E-state index in [0.717, 1.165) is 17.2 Å². The maximum Gasteiger partial charge on any atom is 0.121 e. The van der Waals surface area contributed by atoms with E-state index in [9.17, 15) is 0 Å². The molecule has 0 spiro atoms. The van der Waals surface area contributed by atoms with Crippen LogP contribution in [0.15, 0.2) is 12.7 Å². The number of allylic oxidation sites excluding steroid dienone is 1. The number of aromatic amines is 1. The maximum atomic E-state index is 5.43. The second-order valence-corrected chi connectivity index (χ2v) is 2.39. The van der Waals surface area contributed by atoms with E-state index in [0.29, 0.717) is 6.54 Å². The fourth-order valence-corrected chi connectivity index (χ4v) is 0.999. The molecule has 0 radical (unpaired) electrons. The standard InChI is InChI=1S/C9H13N3.C2H6/c1-3-5-8-7(4-2)11-9(6-10)12-8;1-2/h3-5H,2,6,10H2,1H3,(H,11,12);1-2H3/b5-3-;. The van der Waals surface area contributed by atoms with Crippen molar-refractivity contribution in [1.29, 1.82) is 0 Å². The molecule has 3 nitrogen and oxygen atoms in total. The molecule has 0 amide bonds. The van der Waals surface area contributed by atoms with Crippen molar-refractivity contribution in [2.75, 3.05) is 0 Å². The van der Waals surface area contributed by atoms with Crippen LogP contribution in [0.25, 0.3) is 12.2 Å². The highest BCUT2D eigenvalue weighted by Gasteiger charge is 2.01. The van der Waals surface area contributed by atoms with Gasteiger partial charge in [0.1, 0.15) is 5.82 Å². The summed E-state index contributed by atoms with van der Waals surface area (Å²) in [4.78, 5) is 7.31. The molecule has 1 rings (SSSR count). The van der Waals surface area contributed by atoms with Gasteiger partial charge in [0.2, 0.25) is 0 Å². The number of H-pyrrole nitrogens is 1. The summed E-state index contributed by atoms with van der Waals surface area (Å²) in [6, 6.07) is 0. The zero-order valence-electron chi connectivity index (χ0n) is 9.17. The van der Waals surface area contributed by atoms with Gasteiger partial charge in [-0.3, -0.25) is 0 Å². The van der Waals surface area contributed by atoms with Crippen molar-refractivity contribution in [2.45, 2.75) is 27.3 Å². The van der Waals surface area contributed by atoms with Gasteiger partial charge in [-0.2, -0.15) is 0 Å². The fraction of sp³-hybridized carbons (Fsp3) is 0.364. The molecule has 1 aromatic heterocycles. The van der Waals surface area contributed by atoms with E-state index in [4.69, 9.17) is 5.73 Å². The maximum absolute atomic E-state index is 5.43. The number of rotatable bonds is 3. The molecular weight excluding hydrogens is 174 g/mol. The van der Waals surface area contributed by atoms with E-state index in [1.165, 1.54) is 0 Å². The van der Waals surface area contributed by atoms with E-state index in [2.05, 4.69) is 16.5 Å². The molecule has 0 saturated heterocycles. The van der Waals surface area contributed by atoms with Gasteiger partial charge in [0.25, 0.3) is 0 Å². The average molecular weight is 193 g/mol. The van der Waals surface area contributed by atoms with Crippen molar-refractivity contribution in [3.63, 3.8) is 0 Å². The number of hydrogen-bond acceptors (Lipinski definition) is 2. The summed E-state index contributed by atoms with van der Waals surface area (Å²) >= 11 is 0. The lowest BCUT2D eigenvalue weighted by Gasteiger charge is -1.86. The molecule has 0 unspecified atom stereocenters. The lowest BCUT2D eigenvalue weighted by atomic mass is 10.3. The van der Waals surface area contributed by atoms with Crippen molar-refractivity contribution >= 4 is 12.2 Å². The number of hydrogen-bond donors (Lipinski definition) is 2. The van der Waals surface area contributed by atoms with Crippen LogP contribution >= 0.6 is 0 Å². The summed E-state index contributed by atoms with van der Waals surface area (Å²) < 4.78 is 0. The zero-order valence-corrected chi connectivity index (χ0v) is 9.17.